The normalized spacial score (nSPS) is 16.3. The Kier molecular flexibility index (Phi) is 6.33. The molecular weight excluding hydrogens is 292 g/mol. The Labute approximate surface area is 130 Å². The van der Waals surface area contributed by atoms with Gasteiger partial charge >= 0.3 is 0 Å². The minimum atomic E-state index is 0.295. The van der Waals surface area contributed by atoms with Crippen LogP contribution < -0.4 is 5.32 Å². The van der Waals surface area contributed by atoms with Crippen LogP contribution in [0.15, 0.2) is 11.4 Å². The molecule has 0 spiro atoms. The first-order chi connectivity index (χ1) is 9.70. The lowest BCUT2D eigenvalue weighted by molar-refractivity contribution is -0.134. The van der Waals surface area contributed by atoms with E-state index in [1.807, 2.05) is 11.4 Å². The molecule has 0 radical (unpaired) electrons. The maximum atomic E-state index is 12.5. The molecule has 1 saturated heterocycles. The first-order valence-electron chi connectivity index (χ1n) is 7.43. The van der Waals surface area contributed by atoms with Crippen LogP contribution in [-0.4, -0.2) is 36.5 Å². The van der Waals surface area contributed by atoms with Crippen molar-refractivity contribution in [2.24, 2.45) is 0 Å². The Morgan fingerprint density at radius 2 is 2.25 bits per heavy atom. The minimum absolute atomic E-state index is 0.295. The molecule has 1 fully saturated rings. The van der Waals surface area contributed by atoms with Crippen LogP contribution in [0.5, 0.6) is 0 Å². The highest BCUT2D eigenvalue weighted by Crippen LogP contribution is 2.21. The molecule has 1 aromatic heterocycles. The molecule has 5 heteroatoms. The smallest absolute Gasteiger partial charge is 0.223 e. The van der Waals surface area contributed by atoms with E-state index in [0.717, 1.165) is 50.3 Å². The van der Waals surface area contributed by atoms with E-state index in [0.29, 0.717) is 18.4 Å². The molecule has 0 saturated carbocycles. The van der Waals surface area contributed by atoms with Crippen LogP contribution in [0.2, 0.25) is 5.02 Å². The van der Waals surface area contributed by atoms with Gasteiger partial charge in [-0.05, 0) is 44.8 Å². The van der Waals surface area contributed by atoms with Crippen molar-refractivity contribution in [1.82, 2.24) is 10.2 Å². The SMILES string of the molecule is CCCN(C(=O)CCc1cc(Cl)cs1)C1CCNCC1. The molecule has 3 nitrogen and oxygen atoms in total. The number of nitrogens with zero attached hydrogens (tertiary/aromatic N) is 1. The summed E-state index contributed by atoms with van der Waals surface area (Å²) in [6.45, 7) is 5.08. The predicted octanol–water partition coefficient (Wildman–Crippen LogP) is 3.32. The van der Waals surface area contributed by atoms with E-state index in [4.69, 9.17) is 11.6 Å². The van der Waals surface area contributed by atoms with E-state index in [1.54, 1.807) is 11.3 Å². The van der Waals surface area contributed by atoms with Crippen LogP contribution in [0.25, 0.3) is 0 Å². The van der Waals surface area contributed by atoms with Crippen LogP contribution in [0.3, 0.4) is 0 Å². The number of carbonyl (C=O) groups excluding carboxylic acids is 1. The highest BCUT2D eigenvalue weighted by molar-refractivity contribution is 7.10. The summed E-state index contributed by atoms with van der Waals surface area (Å²) in [7, 11) is 0. The van der Waals surface area contributed by atoms with E-state index >= 15 is 0 Å². The third kappa shape index (κ3) is 4.47. The van der Waals surface area contributed by atoms with Crippen LogP contribution >= 0.6 is 22.9 Å². The Balaban J connectivity index is 1.88. The molecule has 2 rings (SSSR count). The molecule has 0 aromatic carbocycles. The fourth-order valence-corrected chi connectivity index (χ4v) is 3.81. The molecule has 0 bridgehead atoms. The van der Waals surface area contributed by atoms with Crippen LogP contribution in [-0.2, 0) is 11.2 Å². The van der Waals surface area contributed by atoms with Gasteiger partial charge in [0.25, 0.3) is 0 Å². The zero-order chi connectivity index (χ0) is 14.4. The molecule has 1 amide bonds. The van der Waals surface area contributed by atoms with Crippen molar-refractivity contribution in [2.75, 3.05) is 19.6 Å². The van der Waals surface area contributed by atoms with Gasteiger partial charge in [0, 0.05) is 29.3 Å². The third-order valence-corrected chi connectivity index (χ3v) is 5.09. The molecule has 1 aromatic rings. The van der Waals surface area contributed by atoms with Gasteiger partial charge in [0.05, 0.1) is 5.02 Å². The number of rotatable bonds is 6. The van der Waals surface area contributed by atoms with E-state index in [-0.39, 0.29) is 0 Å². The Morgan fingerprint density at radius 3 is 2.85 bits per heavy atom. The number of thiophene rings is 1. The number of hydrogen-bond acceptors (Lipinski definition) is 3. The second kappa shape index (κ2) is 8.01. The summed E-state index contributed by atoms with van der Waals surface area (Å²) in [6, 6.07) is 2.39. The molecule has 0 unspecified atom stereocenters. The summed E-state index contributed by atoms with van der Waals surface area (Å²) in [5, 5.41) is 6.07. The lowest BCUT2D eigenvalue weighted by atomic mass is 10.0. The number of piperidine rings is 1. The first kappa shape index (κ1) is 15.8. The van der Waals surface area contributed by atoms with Crippen molar-refractivity contribution in [2.45, 2.75) is 45.1 Å². The van der Waals surface area contributed by atoms with Crippen molar-refractivity contribution in [3.05, 3.63) is 21.3 Å². The Bertz CT molecular complexity index is 429. The van der Waals surface area contributed by atoms with Crippen molar-refractivity contribution < 1.29 is 4.79 Å². The number of nitrogens with one attached hydrogen (secondary N) is 1. The van der Waals surface area contributed by atoms with E-state index in [2.05, 4.69) is 17.1 Å². The molecule has 1 N–H and O–H groups in total. The molecule has 112 valence electrons. The van der Waals surface area contributed by atoms with E-state index in [1.165, 1.54) is 4.88 Å². The second-order valence-corrected chi connectivity index (χ2v) is 6.73. The molecule has 0 atom stereocenters. The fraction of sp³-hybridized carbons (Fsp3) is 0.667. The lowest BCUT2D eigenvalue weighted by Crippen LogP contribution is -2.46. The quantitative estimate of drug-likeness (QED) is 0.873. The maximum absolute atomic E-state index is 12.5. The monoisotopic (exact) mass is 314 g/mol. The van der Waals surface area contributed by atoms with Gasteiger partial charge in [0.1, 0.15) is 0 Å². The van der Waals surface area contributed by atoms with Gasteiger partial charge in [-0.15, -0.1) is 11.3 Å². The van der Waals surface area contributed by atoms with Gasteiger partial charge in [-0.2, -0.15) is 0 Å². The molecule has 1 aliphatic rings. The summed E-state index contributed by atoms with van der Waals surface area (Å²) in [6.07, 6.45) is 4.59. The van der Waals surface area contributed by atoms with Crippen molar-refractivity contribution in [3.8, 4) is 0 Å². The van der Waals surface area contributed by atoms with Gasteiger partial charge < -0.3 is 10.2 Å². The standard InChI is InChI=1S/C15H23ClN2OS/c1-2-9-18(13-5-7-17-8-6-13)15(19)4-3-14-10-12(16)11-20-14/h10-11,13,17H,2-9H2,1H3. The van der Waals surface area contributed by atoms with Gasteiger partial charge in [0.2, 0.25) is 5.91 Å². The highest BCUT2D eigenvalue weighted by Gasteiger charge is 2.24. The summed E-state index contributed by atoms with van der Waals surface area (Å²) < 4.78 is 0. The Hall–Kier alpha value is -0.580. The van der Waals surface area contributed by atoms with E-state index in [9.17, 15) is 4.79 Å². The van der Waals surface area contributed by atoms with Crippen molar-refractivity contribution >= 4 is 28.8 Å². The number of carbonyl (C=O) groups is 1. The Morgan fingerprint density at radius 1 is 1.50 bits per heavy atom. The molecule has 20 heavy (non-hydrogen) atoms. The van der Waals surface area contributed by atoms with Gasteiger partial charge in [0.15, 0.2) is 0 Å². The maximum Gasteiger partial charge on any atom is 0.223 e. The third-order valence-electron chi connectivity index (χ3n) is 3.74. The van der Waals surface area contributed by atoms with E-state index < -0.39 is 0 Å². The molecular formula is C15H23ClN2OS. The number of aryl methyl sites for hydroxylation is 1. The van der Waals surface area contributed by atoms with Gasteiger partial charge in [-0.25, -0.2) is 0 Å². The summed E-state index contributed by atoms with van der Waals surface area (Å²) >= 11 is 7.56. The zero-order valence-corrected chi connectivity index (χ0v) is 13.6. The summed E-state index contributed by atoms with van der Waals surface area (Å²) in [5.74, 6) is 0.295. The topological polar surface area (TPSA) is 32.3 Å². The predicted molar refractivity (Wildman–Crippen MR) is 85.5 cm³/mol. The fourth-order valence-electron chi connectivity index (χ4n) is 2.73. The summed E-state index contributed by atoms with van der Waals surface area (Å²) in [5.41, 5.74) is 0. The van der Waals surface area contributed by atoms with Crippen molar-refractivity contribution in [3.63, 3.8) is 0 Å². The lowest BCUT2D eigenvalue weighted by Gasteiger charge is -2.34. The second-order valence-electron chi connectivity index (χ2n) is 5.30. The average Bonchev–Trinajstić information content (AvgIpc) is 2.89. The van der Waals surface area contributed by atoms with Crippen LogP contribution in [0, 0.1) is 0 Å². The van der Waals surface area contributed by atoms with Crippen LogP contribution in [0.4, 0.5) is 0 Å². The zero-order valence-electron chi connectivity index (χ0n) is 12.0. The largest absolute Gasteiger partial charge is 0.340 e. The summed E-state index contributed by atoms with van der Waals surface area (Å²) in [4.78, 5) is 15.8. The van der Waals surface area contributed by atoms with Crippen LogP contribution in [0.1, 0.15) is 37.5 Å². The number of amides is 1. The first-order valence-corrected chi connectivity index (χ1v) is 8.69. The molecule has 1 aliphatic heterocycles. The molecule has 2 heterocycles. The van der Waals surface area contributed by atoms with Crippen molar-refractivity contribution in [1.29, 1.82) is 0 Å². The number of halogens is 1. The molecule has 0 aliphatic carbocycles. The number of hydrogen-bond donors (Lipinski definition) is 1. The highest BCUT2D eigenvalue weighted by atomic mass is 35.5. The minimum Gasteiger partial charge on any atom is -0.340 e. The van der Waals surface area contributed by atoms with Gasteiger partial charge in [-0.3, -0.25) is 4.79 Å². The van der Waals surface area contributed by atoms with Gasteiger partial charge in [-0.1, -0.05) is 18.5 Å². The average molecular weight is 315 g/mol.